The zero-order valence-electron chi connectivity index (χ0n) is 15.6. The normalized spacial score (nSPS) is 15.8. The fourth-order valence-electron chi connectivity index (χ4n) is 3.34. The van der Waals surface area contributed by atoms with Gasteiger partial charge in [0.25, 0.3) is 0 Å². The predicted molar refractivity (Wildman–Crippen MR) is 104 cm³/mol. The number of rotatable bonds is 5. The molecule has 0 saturated carbocycles. The third-order valence-electron chi connectivity index (χ3n) is 4.90. The molecule has 3 aromatic rings. The van der Waals surface area contributed by atoms with Crippen LogP contribution in [0.2, 0.25) is 0 Å². The molecule has 29 heavy (non-hydrogen) atoms. The van der Waals surface area contributed by atoms with E-state index in [-0.39, 0.29) is 10.5 Å². The van der Waals surface area contributed by atoms with Crippen molar-refractivity contribution in [2.45, 2.75) is 11.6 Å². The minimum atomic E-state index is -3.69. The van der Waals surface area contributed by atoms with Crippen LogP contribution in [0.5, 0.6) is 0 Å². The van der Waals surface area contributed by atoms with Crippen LogP contribution in [0.15, 0.2) is 59.5 Å². The third-order valence-corrected chi connectivity index (χ3v) is 6.86. The Morgan fingerprint density at radius 1 is 1.03 bits per heavy atom. The van der Waals surface area contributed by atoms with Gasteiger partial charge in [-0.2, -0.15) is 9.57 Å². The lowest BCUT2D eigenvalue weighted by Crippen LogP contribution is -3.14. The van der Waals surface area contributed by atoms with Crippen molar-refractivity contribution in [1.82, 2.24) is 24.5 Å². The number of benzene rings is 2. The number of piperazine rings is 1. The van der Waals surface area contributed by atoms with Crippen LogP contribution in [0.25, 0.3) is 11.4 Å². The van der Waals surface area contributed by atoms with Crippen LogP contribution in [0.3, 0.4) is 0 Å². The number of tetrazole rings is 1. The molecule has 1 fully saturated rings. The van der Waals surface area contributed by atoms with E-state index < -0.39 is 10.0 Å². The van der Waals surface area contributed by atoms with Gasteiger partial charge in [-0.3, -0.25) is 0 Å². The van der Waals surface area contributed by atoms with E-state index >= 15 is 0 Å². The highest BCUT2D eigenvalue weighted by atomic mass is 32.2. The molecular weight excluding hydrogens is 390 g/mol. The molecule has 4 rings (SSSR count). The highest BCUT2D eigenvalue weighted by molar-refractivity contribution is 7.89. The average Bonchev–Trinajstić information content (AvgIpc) is 3.23. The first-order chi connectivity index (χ1) is 14.1. The van der Waals surface area contributed by atoms with Crippen LogP contribution in [0.1, 0.15) is 5.56 Å². The van der Waals surface area contributed by atoms with Crippen LogP contribution in [-0.4, -0.2) is 59.1 Å². The van der Waals surface area contributed by atoms with E-state index in [2.05, 4.69) is 15.4 Å². The molecule has 0 unspecified atom stereocenters. The predicted octanol–water partition coefficient (Wildman–Crippen LogP) is -0.241. The summed E-state index contributed by atoms with van der Waals surface area (Å²) in [6.07, 6.45) is 0. The van der Waals surface area contributed by atoms with Gasteiger partial charge in [-0.15, -0.1) is 15.0 Å². The molecule has 0 amide bonds. The summed E-state index contributed by atoms with van der Waals surface area (Å²) in [4.78, 5) is 2.78. The first kappa shape index (κ1) is 19.2. The Kier molecular flexibility index (Phi) is 5.35. The van der Waals surface area contributed by atoms with Crippen LogP contribution >= 0.6 is 0 Å². The molecule has 0 atom stereocenters. The van der Waals surface area contributed by atoms with Gasteiger partial charge in [-0.25, -0.2) is 8.42 Å². The Morgan fingerprint density at radius 3 is 2.45 bits per heavy atom. The lowest BCUT2D eigenvalue weighted by Gasteiger charge is -2.31. The summed E-state index contributed by atoms with van der Waals surface area (Å²) in [5, 5.41) is 21.8. The summed E-state index contributed by atoms with van der Waals surface area (Å²) < 4.78 is 27.3. The minimum absolute atomic E-state index is 0.0661. The number of sulfonamides is 1. The summed E-state index contributed by atoms with van der Waals surface area (Å²) in [5.41, 5.74) is 1.07. The molecule has 0 bridgehead atoms. The van der Waals surface area contributed by atoms with E-state index in [1.54, 1.807) is 16.9 Å². The van der Waals surface area contributed by atoms with E-state index in [1.165, 1.54) is 21.3 Å². The second-order valence-electron chi connectivity index (χ2n) is 6.77. The van der Waals surface area contributed by atoms with Gasteiger partial charge in [-0.1, -0.05) is 42.5 Å². The minimum Gasteiger partial charge on any atom is -0.313 e. The third kappa shape index (κ3) is 4.02. The van der Waals surface area contributed by atoms with E-state index in [4.69, 9.17) is 0 Å². The molecule has 1 aromatic heterocycles. The van der Waals surface area contributed by atoms with Crippen LogP contribution in [0, 0.1) is 11.3 Å². The van der Waals surface area contributed by atoms with Crippen LogP contribution < -0.4 is 4.90 Å². The second-order valence-corrected chi connectivity index (χ2v) is 8.68. The van der Waals surface area contributed by atoms with Crippen LogP contribution in [0.4, 0.5) is 0 Å². The number of aromatic nitrogens is 4. The van der Waals surface area contributed by atoms with Gasteiger partial charge < -0.3 is 4.90 Å². The maximum Gasteiger partial charge on any atom is 0.244 e. The van der Waals surface area contributed by atoms with Gasteiger partial charge >= 0.3 is 0 Å². The van der Waals surface area contributed by atoms with Gasteiger partial charge in [-0.05, 0) is 17.3 Å². The average molecular weight is 410 g/mol. The molecule has 0 radical (unpaired) electrons. The number of quaternary nitrogens is 1. The van der Waals surface area contributed by atoms with Gasteiger partial charge in [0.1, 0.15) is 6.07 Å². The molecule has 1 aliphatic rings. The first-order valence-electron chi connectivity index (χ1n) is 9.24. The molecule has 2 aromatic carbocycles. The van der Waals surface area contributed by atoms with Crippen molar-refractivity contribution < 1.29 is 13.3 Å². The molecule has 9 nitrogen and oxygen atoms in total. The molecule has 1 N–H and O–H groups in total. The summed E-state index contributed by atoms with van der Waals surface area (Å²) >= 11 is 0. The summed E-state index contributed by atoms with van der Waals surface area (Å²) in [7, 11) is -3.69. The lowest BCUT2D eigenvalue weighted by atomic mass is 10.2. The Hall–Kier alpha value is -3.13. The highest BCUT2D eigenvalue weighted by Crippen LogP contribution is 2.19. The smallest absolute Gasteiger partial charge is 0.244 e. The molecule has 2 heterocycles. The molecule has 148 valence electrons. The topological polar surface area (TPSA) is 109 Å². The van der Waals surface area contributed by atoms with Crippen molar-refractivity contribution in [3.05, 3.63) is 60.2 Å². The van der Waals surface area contributed by atoms with Crippen LogP contribution in [-0.2, 0) is 16.7 Å². The Morgan fingerprint density at radius 2 is 1.72 bits per heavy atom. The Balaban J connectivity index is 1.40. The highest BCUT2D eigenvalue weighted by Gasteiger charge is 2.32. The largest absolute Gasteiger partial charge is 0.313 e. The van der Waals surface area contributed by atoms with Gasteiger partial charge in [0.2, 0.25) is 15.8 Å². The Bertz CT molecular complexity index is 1130. The van der Waals surface area contributed by atoms with Crippen molar-refractivity contribution in [2.24, 2.45) is 0 Å². The second kappa shape index (κ2) is 8.08. The SMILES string of the molecule is N#Cc1ccccc1S(=O)(=O)N1CC[NH+](Cn2nnc(-c3ccccc3)n2)CC1. The molecular formula is C19H20N7O2S+. The fourth-order valence-corrected chi connectivity index (χ4v) is 4.92. The van der Waals surface area contributed by atoms with Crippen molar-refractivity contribution in [1.29, 1.82) is 5.26 Å². The first-order valence-corrected chi connectivity index (χ1v) is 10.7. The Labute approximate surface area is 168 Å². The van der Waals surface area contributed by atoms with E-state index in [0.717, 1.165) is 5.56 Å². The van der Waals surface area contributed by atoms with Crippen molar-refractivity contribution in [3.63, 3.8) is 0 Å². The lowest BCUT2D eigenvalue weighted by molar-refractivity contribution is -0.927. The molecule has 0 spiro atoms. The zero-order chi connectivity index (χ0) is 20.3. The molecule has 1 aliphatic heterocycles. The van der Waals surface area contributed by atoms with E-state index in [0.29, 0.717) is 38.7 Å². The quantitative estimate of drug-likeness (QED) is 0.622. The number of nitrogens with one attached hydrogen (secondary N) is 1. The summed E-state index contributed by atoms with van der Waals surface area (Å²) in [6.45, 7) is 2.50. The maximum absolute atomic E-state index is 12.9. The molecule has 1 saturated heterocycles. The summed E-state index contributed by atoms with van der Waals surface area (Å²) in [5.74, 6) is 0.569. The maximum atomic E-state index is 12.9. The number of hydrogen-bond donors (Lipinski definition) is 1. The molecule has 0 aliphatic carbocycles. The van der Waals surface area contributed by atoms with Crippen molar-refractivity contribution in [3.8, 4) is 17.5 Å². The van der Waals surface area contributed by atoms with Gasteiger partial charge in [0.05, 0.1) is 36.6 Å². The van der Waals surface area contributed by atoms with E-state index in [9.17, 15) is 13.7 Å². The van der Waals surface area contributed by atoms with Crippen molar-refractivity contribution in [2.75, 3.05) is 26.2 Å². The fraction of sp³-hybridized carbons (Fsp3) is 0.263. The monoisotopic (exact) mass is 410 g/mol. The van der Waals surface area contributed by atoms with E-state index in [1.807, 2.05) is 36.4 Å². The number of nitrogens with zero attached hydrogens (tertiary/aromatic N) is 6. The van der Waals surface area contributed by atoms with Gasteiger partial charge in [0.15, 0.2) is 6.67 Å². The van der Waals surface area contributed by atoms with Crippen molar-refractivity contribution >= 4 is 10.0 Å². The van der Waals surface area contributed by atoms with Gasteiger partial charge in [0, 0.05) is 5.56 Å². The number of nitriles is 1. The standard InChI is InChI=1S/C19H19N7O2S/c20-14-17-8-4-5-9-18(17)29(27,28)25-12-10-24(11-13-25)15-26-22-19(21-23-26)16-6-2-1-3-7-16/h1-9H,10-13,15H2/p+1. The summed E-state index contributed by atoms with van der Waals surface area (Å²) in [6, 6.07) is 17.9. The molecule has 10 heteroatoms. The number of hydrogen-bond acceptors (Lipinski definition) is 6. The zero-order valence-corrected chi connectivity index (χ0v) is 16.5.